The number of hydrogen-bond acceptors (Lipinski definition) is 3. The van der Waals surface area contributed by atoms with Crippen LogP contribution >= 0.6 is 0 Å². The average Bonchev–Trinajstić information content (AvgIpc) is 3.05. The molecule has 3 nitrogen and oxygen atoms in total. The van der Waals surface area contributed by atoms with Crippen molar-refractivity contribution in [2.45, 2.75) is 44.6 Å². The zero-order chi connectivity index (χ0) is 23.4. The molecule has 174 valence electrons. The number of hydrogen-bond donors (Lipinski definition) is 0. The van der Waals surface area contributed by atoms with Gasteiger partial charge < -0.3 is 4.74 Å². The number of rotatable bonds is 5. The lowest BCUT2D eigenvalue weighted by molar-refractivity contribution is -0.166. The lowest BCUT2D eigenvalue weighted by Crippen LogP contribution is -2.45. The van der Waals surface area contributed by atoms with Crippen LogP contribution in [0.5, 0.6) is 0 Å². The maximum absolute atomic E-state index is 12.3. The first-order valence-electron chi connectivity index (χ1n) is 12.5. The van der Waals surface area contributed by atoms with Gasteiger partial charge >= 0.3 is 5.97 Å². The number of piperidine rings is 1. The predicted molar refractivity (Wildman–Crippen MR) is 138 cm³/mol. The molecule has 3 heteroatoms. The molecule has 0 N–H and O–H groups in total. The van der Waals surface area contributed by atoms with Gasteiger partial charge in [-0.1, -0.05) is 91.9 Å². The molecule has 0 atom stereocenters. The normalized spacial score (nSPS) is 17.3. The van der Waals surface area contributed by atoms with E-state index in [4.69, 9.17) is 4.74 Å². The van der Waals surface area contributed by atoms with E-state index < -0.39 is 5.60 Å². The SMILES string of the molecule is CCC(=O)OC1(c2ccccc2)CCN(CC=C2c3ccccc3CCc3ccccc32)CC1. The summed E-state index contributed by atoms with van der Waals surface area (Å²) in [6.45, 7) is 4.56. The molecular formula is C31H33NO2. The second-order valence-corrected chi connectivity index (χ2v) is 9.42. The van der Waals surface area contributed by atoms with Crippen LogP contribution in [0.1, 0.15) is 54.0 Å². The van der Waals surface area contributed by atoms with E-state index in [0.29, 0.717) is 6.42 Å². The number of ether oxygens (including phenoxy) is 1. The Kier molecular flexibility index (Phi) is 6.64. The molecule has 34 heavy (non-hydrogen) atoms. The van der Waals surface area contributed by atoms with Crippen molar-refractivity contribution in [3.63, 3.8) is 0 Å². The van der Waals surface area contributed by atoms with Gasteiger partial charge in [-0.25, -0.2) is 0 Å². The van der Waals surface area contributed by atoms with E-state index in [2.05, 4.69) is 71.6 Å². The van der Waals surface area contributed by atoms with Gasteiger partial charge in [0.25, 0.3) is 0 Å². The monoisotopic (exact) mass is 451 g/mol. The first kappa shape index (κ1) is 22.6. The number of carbonyl (C=O) groups is 1. The highest BCUT2D eigenvalue weighted by molar-refractivity contribution is 5.84. The molecule has 1 heterocycles. The van der Waals surface area contributed by atoms with Gasteiger partial charge in [-0.05, 0) is 46.2 Å². The lowest BCUT2D eigenvalue weighted by Gasteiger charge is -2.41. The molecule has 2 aliphatic rings. The molecule has 0 amide bonds. The summed E-state index contributed by atoms with van der Waals surface area (Å²) in [5, 5.41) is 0. The second-order valence-electron chi connectivity index (χ2n) is 9.42. The molecule has 0 radical (unpaired) electrons. The number of fused-ring (bicyclic) bond motifs is 2. The maximum Gasteiger partial charge on any atom is 0.306 e. The Hall–Kier alpha value is -3.17. The van der Waals surface area contributed by atoms with Crippen LogP contribution in [0.15, 0.2) is 84.9 Å². The molecule has 0 bridgehead atoms. The molecule has 3 aromatic rings. The van der Waals surface area contributed by atoms with Gasteiger partial charge in [-0.2, -0.15) is 0 Å². The summed E-state index contributed by atoms with van der Waals surface area (Å²) in [7, 11) is 0. The van der Waals surface area contributed by atoms with Crippen LogP contribution in [-0.2, 0) is 28.0 Å². The van der Waals surface area contributed by atoms with Gasteiger partial charge in [-0.15, -0.1) is 0 Å². The number of likely N-dealkylation sites (tertiary alicyclic amines) is 1. The largest absolute Gasteiger partial charge is 0.454 e. The Morgan fingerprint density at radius 3 is 2.00 bits per heavy atom. The van der Waals surface area contributed by atoms with Crippen LogP contribution in [-0.4, -0.2) is 30.5 Å². The van der Waals surface area contributed by atoms with E-state index in [1.807, 2.05) is 25.1 Å². The fourth-order valence-electron chi connectivity index (χ4n) is 5.44. The fraction of sp³-hybridized carbons (Fsp3) is 0.323. The standard InChI is InChI=1S/C31H33NO2/c1-2-30(33)34-31(26-12-4-3-5-13-26)19-22-32(23-20-31)21-18-29-27-14-8-6-10-24(27)16-17-25-11-7-9-15-28(25)29/h3-15,18H,2,16-17,19-23H2,1H3. The first-order valence-corrected chi connectivity index (χ1v) is 12.5. The third-order valence-corrected chi connectivity index (χ3v) is 7.39. The van der Waals surface area contributed by atoms with Crippen molar-refractivity contribution < 1.29 is 9.53 Å². The fourth-order valence-corrected chi connectivity index (χ4v) is 5.44. The summed E-state index contributed by atoms with van der Waals surface area (Å²) in [6.07, 6.45) is 6.62. The van der Waals surface area contributed by atoms with Crippen molar-refractivity contribution in [2.75, 3.05) is 19.6 Å². The summed E-state index contributed by atoms with van der Waals surface area (Å²) >= 11 is 0. The number of benzene rings is 3. The highest BCUT2D eigenvalue weighted by Gasteiger charge is 2.39. The van der Waals surface area contributed by atoms with E-state index >= 15 is 0 Å². The molecule has 1 aliphatic carbocycles. The Morgan fingerprint density at radius 2 is 1.41 bits per heavy atom. The molecule has 0 aromatic heterocycles. The van der Waals surface area contributed by atoms with Gasteiger partial charge in [0.1, 0.15) is 5.60 Å². The predicted octanol–water partition coefficient (Wildman–Crippen LogP) is 6.16. The van der Waals surface area contributed by atoms with Gasteiger partial charge in [0, 0.05) is 38.9 Å². The Bertz CT molecular complexity index is 1120. The average molecular weight is 452 g/mol. The molecule has 0 saturated carbocycles. The van der Waals surface area contributed by atoms with Crippen LogP contribution in [0, 0.1) is 0 Å². The van der Waals surface area contributed by atoms with Crippen molar-refractivity contribution in [3.05, 3.63) is 113 Å². The zero-order valence-electron chi connectivity index (χ0n) is 20.0. The summed E-state index contributed by atoms with van der Waals surface area (Å²) in [6, 6.07) is 28.0. The Labute approximate surface area is 203 Å². The number of aryl methyl sites for hydroxylation is 2. The number of esters is 1. The summed E-state index contributed by atoms with van der Waals surface area (Å²) < 4.78 is 6.09. The molecular weight excluding hydrogens is 418 g/mol. The van der Waals surface area contributed by atoms with Crippen molar-refractivity contribution >= 4 is 11.5 Å². The summed E-state index contributed by atoms with van der Waals surface area (Å²) in [5.74, 6) is -0.119. The highest BCUT2D eigenvalue weighted by atomic mass is 16.6. The van der Waals surface area contributed by atoms with E-state index in [1.54, 1.807) is 0 Å². The van der Waals surface area contributed by atoms with E-state index in [-0.39, 0.29) is 5.97 Å². The molecule has 1 saturated heterocycles. The van der Waals surface area contributed by atoms with Gasteiger partial charge in [-0.3, -0.25) is 9.69 Å². The van der Waals surface area contributed by atoms with Crippen LogP contribution in [0.25, 0.3) is 5.57 Å². The minimum absolute atomic E-state index is 0.119. The topological polar surface area (TPSA) is 29.5 Å². The van der Waals surface area contributed by atoms with Crippen LogP contribution in [0.2, 0.25) is 0 Å². The summed E-state index contributed by atoms with van der Waals surface area (Å²) in [5.41, 5.74) is 7.53. The number of carbonyl (C=O) groups excluding carboxylic acids is 1. The molecule has 3 aromatic carbocycles. The van der Waals surface area contributed by atoms with Gasteiger partial charge in [0.05, 0.1) is 0 Å². The third-order valence-electron chi connectivity index (χ3n) is 7.39. The molecule has 1 aliphatic heterocycles. The van der Waals surface area contributed by atoms with Crippen LogP contribution in [0.3, 0.4) is 0 Å². The smallest absolute Gasteiger partial charge is 0.306 e. The minimum atomic E-state index is -0.514. The van der Waals surface area contributed by atoms with Crippen molar-refractivity contribution in [2.24, 2.45) is 0 Å². The van der Waals surface area contributed by atoms with E-state index in [0.717, 1.165) is 50.9 Å². The lowest BCUT2D eigenvalue weighted by atomic mass is 9.84. The molecule has 5 rings (SSSR count). The number of nitrogens with zero attached hydrogens (tertiary/aromatic N) is 1. The molecule has 0 unspecified atom stereocenters. The zero-order valence-corrected chi connectivity index (χ0v) is 20.0. The van der Waals surface area contributed by atoms with Crippen LogP contribution < -0.4 is 0 Å². The maximum atomic E-state index is 12.3. The van der Waals surface area contributed by atoms with Gasteiger partial charge in [0.15, 0.2) is 0 Å². The second kappa shape index (κ2) is 9.99. The van der Waals surface area contributed by atoms with Gasteiger partial charge in [0.2, 0.25) is 0 Å². The van der Waals surface area contributed by atoms with Crippen molar-refractivity contribution in [1.29, 1.82) is 0 Å². The minimum Gasteiger partial charge on any atom is -0.454 e. The molecule has 1 fully saturated rings. The van der Waals surface area contributed by atoms with Crippen LogP contribution in [0.4, 0.5) is 0 Å². The highest BCUT2D eigenvalue weighted by Crippen LogP contribution is 2.38. The van der Waals surface area contributed by atoms with Crippen molar-refractivity contribution in [1.82, 2.24) is 4.90 Å². The first-order chi connectivity index (χ1) is 16.7. The Morgan fingerprint density at radius 1 is 0.853 bits per heavy atom. The quantitative estimate of drug-likeness (QED) is 0.435. The van der Waals surface area contributed by atoms with E-state index in [9.17, 15) is 4.79 Å². The summed E-state index contributed by atoms with van der Waals surface area (Å²) in [4.78, 5) is 14.8. The Balaban J connectivity index is 1.38. The van der Waals surface area contributed by atoms with E-state index in [1.165, 1.54) is 27.8 Å². The van der Waals surface area contributed by atoms with Crippen molar-refractivity contribution in [3.8, 4) is 0 Å². The molecule has 0 spiro atoms. The third kappa shape index (κ3) is 4.58.